The van der Waals surface area contributed by atoms with Gasteiger partial charge in [-0.1, -0.05) is 13.8 Å². The summed E-state index contributed by atoms with van der Waals surface area (Å²) >= 11 is 0. The Morgan fingerprint density at radius 3 is 2.62 bits per heavy atom. The molecule has 0 bridgehead atoms. The van der Waals surface area contributed by atoms with E-state index in [4.69, 9.17) is 0 Å². The molecule has 1 amide bonds. The smallest absolute Gasteiger partial charge is 0.253 e. The molecule has 7 heteroatoms. The highest BCUT2D eigenvalue weighted by molar-refractivity contribution is 5.97. The number of aromatic hydroxyl groups is 1. The number of H-pyrrole nitrogens is 2. The van der Waals surface area contributed by atoms with Crippen molar-refractivity contribution in [3.8, 4) is 5.88 Å². The van der Waals surface area contributed by atoms with Crippen LogP contribution in [0.15, 0.2) is 18.2 Å². The summed E-state index contributed by atoms with van der Waals surface area (Å²) in [4.78, 5) is 21.1. The Morgan fingerprint density at radius 2 is 1.93 bits per heavy atom. The molecular formula is C22H29FN4O2. The second-order valence-electron chi connectivity index (χ2n) is 7.33. The molecule has 0 aliphatic heterocycles. The standard InChI is InChI=1S/C22H29FN4O2/c1-5-27(6-2)10-9-24-22(29)20-13(3)19(25-14(20)4)12-17-16-11-15(23)7-8-18(16)26-21(17)28/h7-8,11,25-26,28H,5-6,9-10,12H2,1-4H3,(H,24,29). The molecule has 0 saturated heterocycles. The van der Waals surface area contributed by atoms with Crippen LogP contribution in [0.4, 0.5) is 4.39 Å². The maximum Gasteiger partial charge on any atom is 0.253 e. The van der Waals surface area contributed by atoms with Gasteiger partial charge in [-0.15, -0.1) is 0 Å². The predicted molar refractivity (Wildman–Crippen MR) is 113 cm³/mol. The van der Waals surface area contributed by atoms with Crippen LogP contribution >= 0.6 is 0 Å². The first-order valence-corrected chi connectivity index (χ1v) is 10.0. The number of hydrogen-bond acceptors (Lipinski definition) is 3. The fourth-order valence-electron chi connectivity index (χ4n) is 3.85. The fraction of sp³-hybridized carbons (Fsp3) is 0.409. The number of aromatic amines is 2. The van der Waals surface area contributed by atoms with E-state index in [-0.39, 0.29) is 17.6 Å². The molecule has 0 radical (unpaired) electrons. The van der Waals surface area contributed by atoms with Gasteiger partial charge in [0.2, 0.25) is 0 Å². The van der Waals surface area contributed by atoms with Gasteiger partial charge in [-0.05, 0) is 50.7 Å². The lowest BCUT2D eigenvalue weighted by Crippen LogP contribution is -2.35. The molecule has 0 aliphatic rings. The predicted octanol–water partition coefficient (Wildman–Crippen LogP) is 3.62. The Kier molecular flexibility index (Phi) is 6.27. The number of amides is 1. The first-order valence-electron chi connectivity index (χ1n) is 10.0. The van der Waals surface area contributed by atoms with Gasteiger partial charge in [0.1, 0.15) is 5.82 Å². The van der Waals surface area contributed by atoms with E-state index in [9.17, 15) is 14.3 Å². The van der Waals surface area contributed by atoms with Gasteiger partial charge in [-0.25, -0.2) is 4.39 Å². The van der Waals surface area contributed by atoms with Crippen LogP contribution in [0, 0.1) is 19.7 Å². The van der Waals surface area contributed by atoms with Crippen molar-refractivity contribution in [1.82, 2.24) is 20.2 Å². The van der Waals surface area contributed by atoms with Crippen LogP contribution in [-0.4, -0.2) is 52.1 Å². The summed E-state index contributed by atoms with van der Waals surface area (Å²) in [5, 5.41) is 13.9. The fourth-order valence-corrected chi connectivity index (χ4v) is 3.85. The van der Waals surface area contributed by atoms with Crippen molar-refractivity contribution in [3.05, 3.63) is 52.1 Å². The van der Waals surface area contributed by atoms with Crippen LogP contribution in [-0.2, 0) is 6.42 Å². The second-order valence-corrected chi connectivity index (χ2v) is 7.33. The van der Waals surface area contributed by atoms with Gasteiger partial charge in [-0.2, -0.15) is 0 Å². The molecule has 0 spiro atoms. The van der Waals surface area contributed by atoms with E-state index < -0.39 is 0 Å². The van der Waals surface area contributed by atoms with E-state index in [1.54, 1.807) is 6.07 Å². The van der Waals surface area contributed by atoms with Crippen LogP contribution in [0.3, 0.4) is 0 Å². The van der Waals surface area contributed by atoms with Gasteiger partial charge in [0.25, 0.3) is 5.91 Å². The SMILES string of the molecule is CCN(CC)CCNC(=O)c1c(C)[nH]c(Cc2c(O)[nH]c3ccc(F)cc23)c1C. The molecule has 0 atom stereocenters. The number of carbonyl (C=O) groups excluding carboxylic acids is 1. The second kappa shape index (κ2) is 8.69. The molecule has 0 fully saturated rings. The Balaban J connectivity index is 1.80. The van der Waals surface area contributed by atoms with Gasteiger partial charge in [-0.3, -0.25) is 4.79 Å². The number of carbonyl (C=O) groups is 1. The Hall–Kier alpha value is -2.80. The number of rotatable bonds is 8. The van der Waals surface area contributed by atoms with Crippen molar-refractivity contribution in [2.75, 3.05) is 26.2 Å². The maximum atomic E-state index is 13.7. The quantitative estimate of drug-likeness (QED) is 0.466. The number of aromatic nitrogens is 2. The molecular weight excluding hydrogens is 371 g/mol. The molecule has 0 unspecified atom stereocenters. The van der Waals surface area contributed by atoms with E-state index in [2.05, 4.69) is 34.0 Å². The summed E-state index contributed by atoms with van der Waals surface area (Å²) in [6.07, 6.45) is 0.370. The molecule has 156 valence electrons. The first kappa shape index (κ1) is 20.9. The molecule has 1 aromatic carbocycles. The summed E-state index contributed by atoms with van der Waals surface area (Å²) in [6, 6.07) is 4.37. The van der Waals surface area contributed by atoms with Crippen molar-refractivity contribution in [2.24, 2.45) is 0 Å². The van der Waals surface area contributed by atoms with Crippen molar-refractivity contribution in [2.45, 2.75) is 34.1 Å². The van der Waals surface area contributed by atoms with Crippen LogP contribution in [0.1, 0.15) is 46.7 Å². The zero-order chi connectivity index (χ0) is 21.1. The van der Waals surface area contributed by atoms with Crippen molar-refractivity contribution >= 4 is 16.8 Å². The Morgan fingerprint density at radius 1 is 1.21 bits per heavy atom. The molecule has 2 aromatic heterocycles. The molecule has 3 aromatic rings. The van der Waals surface area contributed by atoms with Crippen molar-refractivity contribution in [1.29, 1.82) is 0 Å². The van der Waals surface area contributed by atoms with E-state index in [0.717, 1.165) is 36.6 Å². The largest absolute Gasteiger partial charge is 0.494 e. The number of likely N-dealkylation sites (N-methyl/N-ethyl adjacent to an activating group) is 1. The Labute approximate surface area is 170 Å². The first-order chi connectivity index (χ1) is 13.8. The molecule has 0 saturated carbocycles. The summed E-state index contributed by atoms with van der Waals surface area (Å²) in [7, 11) is 0. The minimum Gasteiger partial charge on any atom is -0.494 e. The summed E-state index contributed by atoms with van der Waals surface area (Å²) in [6.45, 7) is 11.3. The molecule has 6 nitrogen and oxygen atoms in total. The lowest BCUT2D eigenvalue weighted by molar-refractivity contribution is 0.0948. The van der Waals surface area contributed by atoms with E-state index in [1.807, 2.05) is 13.8 Å². The van der Waals surface area contributed by atoms with Crippen molar-refractivity contribution < 1.29 is 14.3 Å². The van der Waals surface area contributed by atoms with E-state index >= 15 is 0 Å². The van der Waals surface area contributed by atoms with Crippen LogP contribution < -0.4 is 5.32 Å². The van der Waals surface area contributed by atoms with Crippen LogP contribution in [0.25, 0.3) is 10.9 Å². The third-order valence-corrected chi connectivity index (χ3v) is 5.58. The van der Waals surface area contributed by atoms with Gasteiger partial charge in [0, 0.05) is 47.4 Å². The van der Waals surface area contributed by atoms with E-state index in [1.165, 1.54) is 12.1 Å². The minimum absolute atomic E-state index is 0.0162. The lowest BCUT2D eigenvalue weighted by atomic mass is 10.0. The monoisotopic (exact) mass is 400 g/mol. The number of fused-ring (bicyclic) bond motifs is 1. The molecule has 0 aliphatic carbocycles. The number of aryl methyl sites for hydroxylation is 1. The molecule has 4 N–H and O–H groups in total. The van der Waals surface area contributed by atoms with Gasteiger partial charge in [0.15, 0.2) is 5.88 Å². The third-order valence-electron chi connectivity index (χ3n) is 5.58. The lowest BCUT2D eigenvalue weighted by Gasteiger charge is -2.18. The normalized spacial score (nSPS) is 11.5. The summed E-state index contributed by atoms with van der Waals surface area (Å²) in [5.74, 6) is -0.447. The van der Waals surface area contributed by atoms with Gasteiger partial charge in [0.05, 0.1) is 5.56 Å². The zero-order valence-corrected chi connectivity index (χ0v) is 17.4. The number of nitrogens with one attached hydrogen (secondary N) is 3. The number of nitrogens with zero attached hydrogens (tertiary/aromatic N) is 1. The molecule has 3 rings (SSSR count). The Bertz CT molecular complexity index is 1020. The number of halogens is 1. The minimum atomic E-state index is -0.356. The molecule has 2 heterocycles. The average Bonchev–Trinajstić information content (AvgIpc) is 3.14. The highest BCUT2D eigenvalue weighted by Gasteiger charge is 2.20. The van der Waals surface area contributed by atoms with E-state index in [0.29, 0.717) is 35.0 Å². The maximum absolute atomic E-state index is 13.7. The summed E-state index contributed by atoms with van der Waals surface area (Å²) in [5.41, 5.74) is 4.37. The van der Waals surface area contributed by atoms with Crippen LogP contribution in [0.2, 0.25) is 0 Å². The van der Waals surface area contributed by atoms with Crippen LogP contribution in [0.5, 0.6) is 5.88 Å². The zero-order valence-electron chi connectivity index (χ0n) is 17.4. The highest BCUT2D eigenvalue weighted by Crippen LogP contribution is 2.31. The van der Waals surface area contributed by atoms with Gasteiger partial charge >= 0.3 is 0 Å². The highest BCUT2D eigenvalue weighted by atomic mass is 19.1. The van der Waals surface area contributed by atoms with Crippen molar-refractivity contribution in [3.63, 3.8) is 0 Å². The number of hydrogen-bond donors (Lipinski definition) is 4. The van der Waals surface area contributed by atoms with Gasteiger partial charge < -0.3 is 25.3 Å². The number of benzene rings is 1. The third kappa shape index (κ3) is 4.29. The molecule has 29 heavy (non-hydrogen) atoms. The average molecular weight is 400 g/mol. The topological polar surface area (TPSA) is 84.2 Å². The summed E-state index contributed by atoms with van der Waals surface area (Å²) < 4.78 is 13.7.